The zero-order valence-corrected chi connectivity index (χ0v) is 10.2. The molecule has 0 unspecified atom stereocenters. The number of hydrogen-bond acceptors (Lipinski definition) is 3. The minimum atomic E-state index is 0.0741. The van der Waals surface area contributed by atoms with E-state index < -0.39 is 0 Å². The Bertz CT molecular complexity index is 406. The molecule has 0 bridgehead atoms. The van der Waals surface area contributed by atoms with Gasteiger partial charge in [0.05, 0.1) is 12.3 Å². The largest absolute Gasteiger partial charge is 0.293 e. The van der Waals surface area contributed by atoms with Crippen LogP contribution in [0.25, 0.3) is 0 Å². The maximum absolute atomic E-state index is 11.5. The van der Waals surface area contributed by atoms with E-state index in [1.807, 2.05) is 24.3 Å². The van der Waals surface area contributed by atoms with Crippen molar-refractivity contribution in [2.45, 2.75) is 6.54 Å². The van der Waals surface area contributed by atoms with E-state index in [1.54, 1.807) is 4.90 Å². The van der Waals surface area contributed by atoms with Crippen molar-refractivity contribution in [3.8, 4) is 0 Å². The summed E-state index contributed by atoms with van der Waals surface area (Å²) in [4.78, 5) is 13.1. The Hall–Kier alpha value is -0.580. The minimum Gasteiger partial charge on any atom is -0.293 e. The van der Waals surface area contributed by atoms with Gasteiger partial charge in [-0.05, 0) is 17.7 Å². The van der Waals surface area contributed by atoms with E-state index in [0.29, 0.717) is 21.6 Å². The van der Waals surface area contributed by atoms with Crippen LogP contribution >= 0.6 is 35.6 Å². The molecule has 2 rings (SSSR count). The SMILES string of the molecule is O=C1CSC(=S)N1Cc1cccc(Cl)c1. The highest BCUT2D eigenvalue weighted by atomic mass is 35.5. The summed E-state index contributed by atoms with van der Waals surface area (Å²) in [5.74, 6) is 0.532. The normalized spacial score (nSPS) is 16.2. The highest BCUT2D eigenvalue weighted by Crippen LogP contribution is 2.22. The Morgan fingerprint density at radius 3 is 2.93 bits per heavy atom. The Morgan fingerprint density at radius 1 is 1.53 bits per heavy atom. The average Bonchev–Trinajstić information content (AvgIpc) is 2.50. The topological polar surface area (TPSA) is 20.3 Å². The van der Waals surface area contributed by atoms with Crippen LogP contribution in [0.2, 0.25) is 5.02 Å². The van der Waals surface area contributed by atoms with Crippen LogP contribution in [0.15, 0.2) is 24.3 Å². The first-order valence-corrected chi connectivity index (χ1v) is 6.15. The van der Waals surface area contributed by atoms with Crippen LogP contribution in [-0.4, -0.2) is 20.9 Å². The van der Waals surface area contributed by atoms with E-state index in [4.69, 9.17) is 23.8 Å². The third-order valence-corrected chi connectivity index (χ3v) is 3.74. The second-order valence-electron chi connectivity index (χ2n) is 3.16. The monoisotopic (exact) mass is 257 g/mol. The second-order valence-corrected chi connectivity index (χ2v) is 5.21. The highest BCUT2D eigenvalue weighted by Gasteiger charge is 2.26. The number of carbonyl (C=O) groups is 1. The molecule has 0 N–H and O–H groups in total. The molecular formula is C10H8ClNOS2. The molecule has 5 heteroatoms. The molecule has 1 amide bonds. The summed E-state index contributed by atoms with van der Waals surface area (Å²) < 4.78 is 0.653. The highest BCUT2D eigenvalue weighted by molar-refractivity contribution is 8.23. The molecule has 1 aromatic rings. The molecule has 2 nitrogen and oxygen atoms in total. The lowest BCUT2D eigenvalue weighted by Gasteiger charge is -2.14. The van der Waals surface area contributed by atoms with Crippen LogP contribution in [0.1, 0.15) is 5.56 Å². The molecule has 0 aromatic heterocycles. The molecule has 0 spiro atoms. The van der Waals surface area contributed by atoms with Crippen molar-refractivity contribution in [3.05, 3.63) is 34.9 Å². The molecule has 0 aliphatic carbocycles. The fraction of sp³-hybridized carbons (Fsp3) is 0.200. The van der Waals surface area contributed by atoms with Gasteiger partial charge in [0.2, 0.25) is 5.91 Å². The van der Waals surface area contributed by atoms with Gasteiger partial charge in [-0.3, -0.25) is 9.69 Å². The molecule has 15 heavy (non-hydrogen) atoms. The third kappa shape index (κ3) is 2.51. The summed E-state index contributed by atoms with van der Waals surface area (Å²) in [5, 5.41) is 0.678. The Balaban J connectivity index is 2.15. The molecule has 1 heterocycles. The second kappa shape index (κ2) is 4.51. The molecule has 0 saturated carbocycles. The van der Waals surface area contributed by atoms with Crippen LogP contribution in [0, 0.1) is 0 Å². The van der Waals surface area contributed by atoms with Gasteiger partial charge in [0.1, 0.15) is 4.32 Å². The number of amides is 1. The van der Waals surface area contributed by atoms with E-state index >= 15 is 0 Å². The predicted octanol–water partition coefficient (Wildman–Crippen LogP) is 2.70. The molecule has 1 saturated heterocycles. The molecule has 1 aromatic carbocycles. The first kappa shape index (κ1) is 10.9. The van der Waals surface area contributed by atoms with Gasteiger partial charge in [0.15, 0.2) is 0 Å². The van der Waals surface area contributed by atoms with Crippen LogP contribution < -0.4 is 0 Å². The fourth-order valence-corrected chi connectivity index (χ4v) is 2.63. The van der Waals surface area contributed by atoms with Gasteiger partial charge >= 0.3 is 0 Å². The van der Waals surface area contributed by atoms with E-state index in [-0.39, 0.29) is 5.91 Å². The molecule has 1 aliphatic rings. The van der Waals surface area contributed by atoms with Crippen molar-refractivity contribution in [2.75, 3.05) is 5.75 Å². The lowest BCUT2D eigenvalue weighted by atomic mass is 10.2. The maximum Gasteiger partial charge on any atom is 0.238 e. The summed E-state index contributed by atoms with van der Waals surface area (Å²) >= 11 is 12.4. The third-order valence-electron chi connectivity index (χ3n) is 2.07. The van der Waals surface area contributed by atoms with Crippen molar-refractivity contribution in [3.63, 3.8) is 0 Å². The number of carbonyl (C=O) groups excluding carboxylic acids is 1. The zero-order chi connectivity index (χ0) is 10.8. The lowest BCUT2D eigenvalue weighted by molar-refractivity contribution is -0.124. The van der Waals surface area contributed by atoms with E-state index in [1.165, 1.54) is 11.8 Å². The zero-order valence-electron chi connectivity index (χ0n) is 7.77. The number of thiocarbonyl (C=S) groups is 1. The minimum absolute atomic E-state index is 0.0741. The molecule has 1 fully saturated rings. The molecule has 78 valence electrons. The van der Waals surface area contributed by atoms with Crippen LogP contribution in [-0.2, 0) is 11.3 Å². The summed E-state index contributed by atoms with van der Waals surface area (Å²) in [6.45, 7) is 0.519. The first-order valence-electron chi connectivity index (χ1n) is 4.38. The molecule has 0 radical (unpaired) electrons. The number of hydrogen-bond donors (Lipinski definition) is 0. The average molecular weight is 258 g/mol. The van der Waals surface area contributed by atoms with Crippen molar-refractivity contribution in [1.29, 1.82) is 0 Å². The predicted molar refractivity (Wildman–Crippen MR) is 67.1 cm³/mol. The van der Waals surface area contributed by atoms with Crippen molar-refractivity contribution in [2.24, 2.45) is 0 Å². The first-order chi connectivity index (χ1) is 7.16. The quantitative estimate of drug-likeness (QED) is 0.760. The van der Waals surface area contributed by atoms with Gasteiger partial charge in [-0.2, -0.15) is 0 Å². The number of nitrogens with zero attached hydrogens (tertiary/aromatic N) is 1. The van der Waals surface area contributed by atoms with E-state index in [9.17, 15) is 4.79 Å². The summed E-state index contributed by atoms with van der Waals surface area (Å²) in [6.07, 6.45) is 0. The van der Waals surface area contributed by atoms with Crippen molar-refractivity contribution < 1.29 is 4.79 Å². The van der Waals surface area contributed by atoms with Gasteiger partial charge in [-0.15, -0.1) is 0 Å². The maximum atomic E-state index is 11.5. The van der Waals surface area contributed by atoms with Gasteiger partial charge in [0.25, 0.3) is 0 Å². The summed E-state index contributed by atoms with van der Waals surface area (Å²) in [6, 6.07) is 7.46. The molecule has 1 aliphatic heterocycles. The van der Waals surface area contributed by atoms with Crippen LogP contribution in [0.3, 0.4) is 0 Å². The Morgan fingerprint density at radius 2 is 2.33 bits per heavy atom. The summed E-state index contributed by atoms with van der Waals surface area (Å²) in [7, 11) is 0. The Labute approximate surface area is 103 Å². The molecular weight excluding hydrogens is 250 g/mol. The standard InChI is InChI=1S/C10H8ClNOS2/c11-8-3-1-2-7(4-8)5-12-9(13)6-15-10(12)14/h1-4H,5-6H2. The van der Waals surface area contributed by atoms with Gasteiger partial charge in [0, 0.05) is 5.02 Å². The van der Waals surface area contributed by atoms with E-state index in [2.05, 4.69) is 0 Å². The van der Waals surface area contributed by atoms with Gasteiger partial charge < -0.3 is 0 Å². The number of thioether (sulfide) groups is 1. The number of rotatable bonds is 2. The smallest absolute Gasteiger partial charge is 0.238 e. The fourth-order valence-electron chi connectivity index (χ4n) is 1.35. The molecule has 0 atom stereocenters. The number of halogens is 1. The summed E-state index contributed by atoms with van der Waals surface area (Å²) in [5.41, 5.74) is 1.00. The van der Waals surface area contributed by atoms with Gasteiger partial charge in [-0.25, -0.2) is 0 Å². The number of benzene rings is 1. The van der Waals surface area contributed by atoms with Crippen molar-refractivity contribution >= 4 is 45.8 Å². The lowest BCUT2D eigenvalue weighted by Crippen LogP contribution is -2.27. The van der Waals surface area contributed by atoms with Crippen LogP contribution in [0.5, 0.6) is 0 Å². The van der Waals surface area contributed by atoms with Crippen molar-refractivity contribution in [1.82, 2.24) is 4.90 Å². The Kier molecular flexibility index (Phi) is 3.29. The van der Waals surface area contributed by atoms with Crippen LogP contribution in [0.4, 0.5) is 0 Å². The van der Waals surface area contributed by atoms with E-state index in [0.717, 1.165) is 5.56 Å². The van der Waals surface area contributed by atoms with Gasteiger partial charge in [-0.1, -0.05) is 47.7 Å².